The fraction of sp³-hybridized carbons (Fsp3) is 0.333. The van der Waals surface area contributed by atoms with Crippen molar-refractivity contribution in [3.8, 4) is 5.75 Å². The van der Waals surface area contributed by atoms with E-state index in [1.807, 2.05) is 25.1 Å². The Kier molecular flexibility index (Phi) is 7.06. The van der Waals surface area contributed by atoms with Gasteiger partial charge in [0.15, 0.2) is 5.16 Å². The summed E-state index contributed by atoms with van der Waals surface area (Å²) < 4.78 is 25.5. The van der Waals surface area contributed by atoms with Crippen molar-refractivity contribution in [2.75, 3.05) is 26.1 Å². The third-order valence-electron chi connectivity index (χ3n) is 4.23. The van der Waals surface area contributed by atoms with E-state index in [1.165, 1.54) is 23.9 Å². The quantitative estimate of drug-likeness (QED) is 0.303. The fourth-order valence-electron chi connectivity index (χ4n) is 2.88. The molecule has 0 aliphatic heterocycles. The molecule has 0 radical (unpaired) electrons. The van der Waals surface area contributed by atoms with Crippen molar-refractivity contribution in [1.82, 2.24) is 9.55 Å². The van der Waals surface area contributed by atoms with Crippen LogP contribution in [0.2, 0.25) is 0 Å². The number of methoxy groups -OCH3 is 1. The van der Waals surface area contributed by atoms with Crippen LogP contribution >= 0.6 is 11.8 Å². The first-order valence-corrected chi connectivity index (χ1v) is 10.1. The first-order valence-electron chi connectivity index (χ1n) is 9.11. The van der Waals surface area contributed by atoms with Gasteiger partial charge in [0.1, 0.15) is 11.6 Å². The first kappa shape index (κ1) is 20.4. The van der Waals surface area contributed by atoms with Crippen LogP contribution in [0.1, 0.15) is 19.4 Å². The predicted octanol–water partition coefficient (Wildman–Crippen LogP) is 4.30. The molecule has 0 spiro atoms. The highest BCUT2D eigenvalue weighted by Gasteiger charge is 2.16. The van der Waals surface area contributed by atoms with Crippen molar-refractivity contribution in [3.05, 3.63) is 64.7 Å². The van der Waals surface area contributed by atoms with Gasteiger partial charge in [-0.25, -0.2) is 9.37 Å². The van der Waals surface area contributed by atoms with Gasteiger partial charge in [-0.05, 0) is 49.7 Å². The van der Waals surface area contributed by atoms with Crippen LogP contribution in [0.15, 0.2) is 58.5 Å². The molecule has 0 N–H and O–H groups in total. The minimum atomic E-state index is -0.284. The highest BCUT2D eigenvalue weighted by Crippen LogP contribution is 2.22. The van der Waals surface area contributed by atoms with Crippen LogP contribution in [0.3, 0.4) is 0 Å². The van der Waals surface area contributed by atoms with E-state index in [9.17, 15) is 9.18 Å². The standard InChI is InChI=1S/C21H23FN2O3S/c1-15(14-26-2)24-20(25)18-6-3-4-7-19(18)23-21(24)28-13-5-12-27-17-10-8-16(22)9-11-17/h3-4,6-11,15H,5,12-14H2,1-2H3/t15-/m0/s1. The minimum Gasteiger partial charge on any atom is -0.494 e. The minimum absolute atomic E-state index is 0.0554. The van der Waals surface area contributed by atoms with E-state index in [0.717, 1.165) is 12.2 Å². The normalized spacial score (nSPS) is 12.2. The molecule has 0 unspecified atom stereocenters. The molecule has 1 heterocycles. The zero-order valence-electron chi connectivity index (χ0n) is 15.9. The lowest BCUT2D eigenvalue weighted by Gasteiger charge is -2.18. The lowest BCUT2D eigenvalue weighted by Crippen LogP contribution is -2.28. The van der Waals surface area contributed by atoms with Crippen LogP contribution in [0, 0.1) is 5.82 Å². The molecule has 5 nitrogen and oxygen atoms in total. The molecule has 148 valence electrons. The average molecular weight is 402 g/mol. The molecule has 3 aromatic rings. The Balaban J connectivity index is 1.69. The molecule has 0 aliphatic carbocycles. The maximum atomic E-state index is 13.0. The van der Waals surface area contributed by atoms with Gasteiger partial charge in [0, 0.05) is 12.9 Å². The summed E-state index contributed by atoms with van der Waals surface area (Å²) in [6, 6.07) is 13.2. The number of fused-ring (bicyclic) bond motifs is 1. The van der Waals surface area contributed by atoms with Crippen molar-refractivity contribution in [2.45, 2.75) is 24.5 Å². The van der Waals surface area contributed by atoms with Gasteiger partial charge >= 0.3 is 0 Å². The third kappa shape index (κ3) is 4.91. The van der Waals surface area contributed by atoms with E-state index in [4.69, 9.17) is 14.5 Å². The molecule has 0 saturated heterocycles. The van der Waals surface area contributed by atoms with Crippen LogP contribution in [-0.2, 0) is 4.74 Å². The Morgan fingerprint density at radius 2 is 1.93 bits per heavy atom. The molecule has 2 aromatic carbocycles. The largest absolute Gasteiger partial charge is 0.494 e. The first-order chi connectivity index (χ1) is 13.6. The number of ether oxygens (including phenoxy) is 2. The Morgan fingerprint density at radius 1 is 1.18 bits per heavy atom. The smallest absolute Gasteiger partial charge is 0.262 e. The van der Waals surface area contributed by atoms with Crippen molar-refractivity contribution in [1.29, 1.82) is 0 Å². The van der Waals surface area contributed by atoms with Crippen molar-refractivity contribution in [2.24, 2.45) is 0 Å². The summed E-state index contributed by atoms with van der Waals surface area (Å²) in [5.41, 5.74) is 0.638. The number of thioether (sulfide) groups is 1. The van der Waals surface area contributed by atoms with Gasteiger partial charge in [-0.1, -0.05) is 23.9 Å². The molecule has 1 atom stereocenters. The SMILES string of the molecule is COC[C@H](C)n1c(SCCCOc2ccc(F)cc2)nc2ccccc2c1=O. The molecule has 0 fully saturated rings. The van der Waals surface area contributed by atoms with Gasteiger partial charge in [0.05, 0.1) is 30.2 Å². The van der Waals surface area contributed by atoms with E-state index in [-0.39, 0.29) is 17.4 Å². The van der Waals surface area contributed by atoms with Gasteiger partial charge in [-0.15, -0.1) is 0 Å². The lowest BCUT2D eigenvalue weighted by molar-refractivity contribution is 0.156. The molecule has 0 saturated carbocycles. The van der Waals surface area contributed by atoms with Gasteiger partial charge in [0.2, 0.25) is 0 Å². The van der Waals surface area contributed by atoms with E-state index in [0.29, 0.717) is 35.0 Å². The molecular formula is C21H23FN2O3S. The van der Waals surface area contributed by atoms with Gasteiger partial charge in [0.25, 0.3) is 5.56 Å². The number of hydrogen-bond acceptors (Lipinski definition) is 5. The highest BCUT2D eigenvalue weighted by atomic mass is 32.2. The van der Waals surface area contributed by atoms with Crippen molar-refractivity contribution in [3.63, 3.8) is 0 Å². The van der Waals surface area contributed by atoms with Crippen LogP contribution in [0.5, 0.6) is 5.75 Å². The topological polar surface area (TPSA) is 53.4 Å². The molecule has 0 bridgehead atoms. The Bertz CT molecular complexity index is 976. The number of para-hydroxylation sites is 1. The molecule has 0 aliphatic rings. The van der Waals surface area contributed by atoms with Crippen molar-refractivity contribution >= 4 is 22.7 Å². The molecule has 28 heavy (non-hydrogen) atoms. The summed E-state index contributed by atoms with van der Waals surface area (Å²) in [7, 11) is 1.62. The second kappa shape index (κ2) is 9.71. The predicted molar refractivity (Wildman–Crippen MR) is 110 cm³/mol. The molecule has 0 amide bonds. The summed E-state index contributed by atoms with van der Waals surface area (Å²) in [5, 5.41) is 1.28. The zero-order chi connectivity index (χ0) is 19.9. The fourth-order valence-corrected chi connectivity index (χ4v) is 3.88. The maximum absolute atomic E-state index is 13.0. The van der Waals surface area contributed by atoms with E-state index >= 15 is 0 Å². The average Bonchev–Trinajstić information content (AvgIpc) is 2.69. The number of aromatic nitrogens is 2. The lowest BCUT2D eigenvalue weighted by atomic mass is 10.2. The monoisotopic (exact) mass is 402 g/mol. The van der Waals surface area contributed by atoms with E-state index in [1.54, 1.807) is 29.9 Å². The van der Waals surface area contributed by atoms with Crippen LogP contribution in [0.25, 0.3) is 10.9 Å². The Morgan fingerprint density at radius 3 is 2.68 bits per heavy atom. The van der Waals surface area contributed by atoms with Crippen molar-refractivity contribution < 1.29 is 13.9 Å². The molecule has 3 rings (SSSR count). The summed E-state index contributed by atoms with van der Waals surface area (Å²) in [6.45, 7) is 2.88. The molecular weight excluding hydrogens is 379 g/mol. The maximum Gasteiger partial charge on any atom is 0.262 e. The van der Waals surface area contributed by atoms with Crippen LogP contribution < -0.4 is 10.3 Å². The summed E-state index contributed by atoms with van der Waals surface area (Å²) in [5.74, 6) is 1.10. The second-order valence-corrected chi connectivity index (χ2v) is 7.46. The molecule has 1 aromatic heterocycles. The van der Waals surface area contributed by atoms with Crippen LogP contribution in [-0.4, -0.2) is 35.6 Å². The summed E-state index contributed by atoms with van der Waals surface area (Å²) in [4.78, 5) is 17.7. The zero-order valence-corrected chi connectivity index (χ0v) is 16.7. The Hall–Kier alpha value is -2.38. The number of rotatable bonds is 9. The molecule has 7 heteroatoms. The van der Waals surface area contributed by atoms with Crippen LogP contribution in [0.4, 0.5) is 4.39 Å². The third-order valence-corrected chi connectivity index (χ3v) is 5.27. The highest BCUT2D eigenvalue weighted by molar-refractivity contribution is 7.99. The van der Waals surface area contributed by atoms with E-state index < -0.39 is 0 Å². The second-order valence-electron chi connectivity index (χ2n) is 6.40. The Labute approximate surface area is 167 Å². The van der Waals surface area contributed by atoms with Gasteiger partial charge in [-0.3, -0.25) is 9.36 Å². The van der Waals surface area contributed by atoms with Gasteiger partial charge < -0.3 is 9.47 Å². The van der Waals surface area contributed by atoms with Gasteiger partial charge in [-0.2, -0.15) is 0 Å². The number of nitrogens with zero attached hydrogens (tertiary/aromatic N) is 2. The van der Waals surface area contributed by atoms with E-state index in [2.05, 4.69) is 0 Å². The number of halogens is 1. The number of benzene rings is 2. The summed E-state index contributed by atoms with van der Waals surface area (Å²) in [6.07, 6.45) is 0.767. The number of hydrogen-bond donors (Lipinski definition) is 0. The summed E-state index contributed by atoms with van der Waals surface area (Å²) >= 11 is 1.52.